The fourth-order valence-electron chi connectivity index (χ4n) is 2.02. The van der Waals surface area contributed by atoms with Gasteiger partial charge in [-0.2, -0.15) is 0 Å². The van der Waals surface area contributed by atoms with Gasteiger partial charge in [0.1, 0.15) is 0 Å². The van der Waals surface area contributed by atoms with Gasteiger partial charge in [0, 0.05) is 51.1 Å². The van der Waals surface area contributed by atoms with Crippen LogP contribution in [-0.4, -0.2) is 32.5 Å². The van der Waals surface area contributed by atoms with Gasteiger partial charge in [-0.15, -0.1) is 11.3 Å². The van der Waals surface area contributed by atoms with Crippen molar-refractivity contribution in [1.82, 2.24) is 5.32 Å². The Hall–Kier alpha value is -0.420. The molecule has 1 aliphatic rings. The minimum absolute atomic E-state index is 0.0183. The predicted molar refractivity (Wildman–Crippen MR) is 65.8 cm³/mol. The summed E-state index contributed by atoms with van der Waals surface area (Å²) in [5, 5.41) is 5.59. The van der Waals surface area contributed by atoms with Crippen molar-refractivity contribution < 1.29 is 9.47 Å². The molecule has 1 fully saturated rings. The van der Waals surface area contributed by atoms with Crippen molar-refractivity contribution in [2.45, 2.75) is 25.0 Å². The highest BCUT2D eigenvalue weighted by Crippen LogP contribution is 2.23. The molecule has 16 heavy (non-hydrogen) atoms. The van der Waals surface area contributed by atoms with Crippen molar-refractivity contribution in [3.8, 4) is 0 Å². The Balaban J connectivity index is 1.78. The molecular formula is C12H19NO2S. The van der Waals surface area contributed by atoms with E-state index in [1.54, 1.807) is 18.4 Å². The van der Waals surface area contributed by atoms with Crippen molar-refractivity contribution in [3.05, 3.63) is 22.4 Å². The van der Waals surface area contributed by atoms with Gasteiger partial charge in [-0.3, -0.25) is 0 Å². The lowest BCUT2D eigenvalue weighted by molar-refractivity contribution is -0.0876. The van der Waals surface area contributed by atoms with Gasteiger partial charge in [0.15, 0.2) is 0 Å². The molecule has 1 aromatic heterocycles. The van der Waals surface area contributed by atoms with Gasteiger partial charge in [0.05, 0.1) is 5.60 Å². The maximum Gasteiger partial charge on any atom is 0.0846 e. The summed E-state index contributed by atoms with van der Waals surface area (Å²) in [6.07, 6.45) is 1.97. The number of hydrogen-bond acceptors (Lipinski definition) is 4. The van der Waals surface area contributed by atoms with E-state index in [0.717, 1.165) is 39.1 Å². The molecule has 1 aromatic rings. The van der Waals surface area contributed by atoms with Crippen LogP contribution >= 0.6 is 11.3 Å². The van der Waals surface area contributed by atoms with Crippen LogP contribution in [0.4, 0.5) is 0 Å². The second-order valence-electron chi connectivity index (χ2n) is 4.18. The summed E-state index contributed by atoms with van der Waals surface area (Å²) in [7, 11) is 1.80. The summed E-state index contributed by atoms with van der Waals surface area (Å²) in [5.41, 5.74) is -0.0183. The number of hydrogen-bond donors (Lipinski definition) is 1. The minimum atomic E-state index is -0.0183. The zero-order valence-corrected chi connectivity index (χ0v) is 10.5. The smallest absolute Gasteiger partial charge is 0.0846 e. The van der Waals surface area contributed by atoms with Gasteiger partial charge in [-0.25, -0.2) is 0 Å². The SMILES string of the molecule is COC1(CNCc2cccs2)CCOCC1. The summed E-state index contributed by atoms with van der Waals surface area (Å²) in [6.45, 7) is 3.47. The molecule has 1 aliphatic heterocycles. The van der Waals surface area contributed by atoms with Crippen LogP contribution in [0, 0.1) is 0 Å². The first kappa shape index (κ1) is 12.0. The summed E-state index contributed by atoms with van der Waals surface area (Å²) >= 11 is 1.79. The van der Waals surface area contributed by atoms with Crippen LogP contribution in [0.1, 0.15) is 17.7 Å². The van der Waals surface area contributed by atoms with Crippen molar-refractivity contribution >= 4 is 11.3 Å². The lowest BCUT2D eigenvalue weighted by Gasteiger charge is -2.36. The molecule has 0 aromatic carbocycles. The second-order valence-corrected chi connectivity index (χ2v) is 5.21. The monoisotopic (exact) mass is 241 g/mol. The number of methoxy groups -OCH3 is 1. The molecule has 0 aliphatic carbocycles. The van der Waals surface area contributed by atoms with Gasteiger partial charge in [0.25, 0.3) is 0 Å². The highest BCUT2D eigenvalue weighted by atomic mass is 32.1. The first-order chi connectivity index (χ1) is 7.85. The van der Waals surface area contributed by atoms with Gasteiger partial charge in [0.2, 0.25) is 0 Å². The van der Waals surface area contributed by atoms with Crippen LogP contribution in [0.2, 0.25) is 0 Å². The lowest BCUT2D eigenvalue weighted by atomic mass is 9.94. The van der Waals surface area contributed by atoms with E-state index in [0.29, 0.717) is 0 Å². The predicted octanol–water partition coefficient (Wildman–Crippen LogP) is 2.03. The van der Waals surface area contributed by atoms with Crippen LogP contribution < -0.4 is 5.32 Å². The third-order valence-corrected chi connectivity index (χ3v) is 4.04. The largest absolute Gasteiger partial charge is 0.381 e. The Bertz CT molecular complexity index is 294. The van der Waals surface area contributed by atoms with E-state index in [2.05, 4.69) is 22.8 Å². The molecule has 2 heterocycles. The first-order valence-electron chi connectivity index (χ1n) is 5.71. The molecule has 0 atom stereocenters. The molecule has 0 radical (unpaired) electrons. The molecule has 0 amide bonds. The van der Waals surface area contributed by atoms with Gasteiger partial charge < -0.3 is 14.8 Å². The quantitative estimate of drug-likeness (QED) is 0.855. The topological polar surface area (TPSA) is 30.5 Å². The van der Waals surface area contributed by atoms with E-state index < -0.39 is 0 Å². The fourth-order valence-corrected chi connectivity index (χ4v) is 2.70. The molecule has 2 rings (SSSR count). The van der Waals surface area contributed by atoms with E-state index in [1.807, 2.05) is 0 Å². The van der Waals surface area contributed by atoms with Crippen molar-refractivity contribution in [2.75, 3.05) is 26.9 Å². The van der Waals surface area contributed by atoms with Crippen LogP contribution in [-0.2, 0) is 16.0 Å². The number of ether oxygens (including phenoxy) is 2. The Morgan fingerprint density at radius 3 is 2.94 bits per heavy atom. The van der Waals surface area contributed by atoms with Crippen molar-refractivity contribution in [1.29, 1.82) is 0 Å². The van der Waals surface area contributed by atoms with E-state index in [-0.39, 0.29) is 5.60 Å². The molecule has 4 heteroatoms. The van der Waals surface area contributed by atoms with E-state index in [9.17, 15) is 0 Å². The number of thiophene rings is 1. The molecule has 1 N–H and O–H groups in total. The molecular weight excluding hydrogens is 222 g/mol. The maximum absolute atomic E-state index is 5.66. The molecule has 90 valence electrons. The fraction of sp³-hybridized carbons (Fsp3) is 0.667. The second kappa shape index (κ2) is 5.77. The molecule has 1 saturated heterocycles. The summed E-state index contributed by atoms with van der Waals surface area (Å²) in [4.78, 5) is 1.37. The maximum atomic E-state index is 5.66. The van der Waals surface area contributed by atoms with Crippen LogP contribution in [0.5, 0.6) is 0 Å². The highest BCUT2D eigenvalue weighted by Gasteiger charge is 2.31. The normalized spacial score (nSPS) is 19.8. The molecule has 0 unspecified atom stereocenters. The average molecular weight is 241 g/mol. The van der Waals surface area contributed by atoms with Crippen molar-refractivity contribution in [3.63, 3.8) is 0 Å². The van der Waals surface area contributed by atoms with Gasteiger partial charge in [-0.05, 0) is 11.4 Å². The average Bonchev–Trinajstić information content (AvgIpc) is 2.83. The summed E-state index contributed by atoms with van der Waals surface area (Å²) in [6, 6.07) is 4.24. The molecule has 3 nitrogen and oxygen atoms in total. The Kier molecular flexibility index (Phi) is 4.35. The van der Waals surface area contributed by atoms with Crippen LogP contribution in [0.3, 0.4) is 0 Å². The Morgan fingerprint density at radius 1 is 1.50 bits per heavy atom. The molecule has 0 bridgehead atoms. The van der Waals surface area contributed by atoms with Crippen LogP contribution in [0.25, 0.3) is 0 Å². The van der Waals surface area contributed by atoms with Crippen molar-refractivity contribution in [2.24, 2.45) is 0 Å². The zero-order chi connectivity index (χ0) is 11.3. The van der Waals surface area contributed by atoms with E-state index in [4.69, 9.17) is 9.47 Å². The number of nitrogens with one attached hydrogen (secondary N) is 1. The zero-order valence-electron chi connectivity index (χ0n) is 9.70. The van der Waals surface area contributed by atoms with E-state index in [1.165, 1.54) is 4.88 Å². The molecule has 0 saturated carbocycles. The third-order valence-electron chi connectivity index (χ3n) is 3.16. The Morgan fingerprint density at radius 2 is 2.31 bits per heavy atom. The Labute approximate surface area is 101 Å². The highest BCUT2D eigenvalue weighted by molar-refractivity contribution is 7.09. The number of rotatable bonds is 5. The van der Waals surface area contributed by atoms with Gasteiger partial charge in [-0.1, -0.05) is 6.07 Å². The lowest BCUT2D eigenvalue weighted by Crippen LogP contribution is -2.46. The standard InChI is InChI=1S/C12H19NO2S/c1-14-12(4-6-15-7-5-12)10-13-9-11-3-2-8-16-11/h2-3,8,13H,4-7,9-10H2,1H3. The third kappa shape index (κ3) is 3.04. The van der Waals surface area contributed by atoms with E-state index >= 15 is 0 Å². The first-order valence-corrected chi connectivity index (χ1v) is 6.59. The van der Waals surface area contributed by atoms with Crippen LogP contribution in [0.15, 0.2) is 17.5 Å². The summed E-state index contributed by atoms with van der Waals surface area (Å²) in [5.74, 6) is 0. The minimum Gasteiger partial charge on any atom is -0.381 e. The molecule has 0 spiro atoms. The van der Waals surface area contributed by atoms with Gasteiger partial charge >= 0.3 is 0 Å². The summed E-state index contributed by atoms with van der Waals surface area (Å²) < 4.78 is 11.0.